The summed E-state index contributed by atoms with van der Waals surface area (Å²) in [6.45, 7) is 1.88. The van der Waals surface area contributed by atoms with Gasteiger partial charge in [0, 0.05) is 24.3 Å². The van der Waals surface area contributed by atoms with Crippen LogP contribution in [0.3, 0.4) is 0 Å². The minimum atomic E-state index is -0.0597. The summed E-state index contributed by atoms with van der Waals surface area (Å²) >= 11 is 0. The first-order chi connectivity index (χ1) is 8.29. The summed E-state index contributed by atoms with van der Waals surface area (Å²) in [6.07, 6.45) is 3.55. The molecule has 1 fully saturated rings. The van der Waals surface area contributed by atoms with Gasteiger partial charge in [0.2, 0.25) is 0 Å². The number of nitrogens with one attached hydrogen (secondary N) is 2. The summed E-state index contributed by atoms with van der Waals surface area (Å²) in [5.41, 5.74) is 6.89. The molecule has 0 aliphatic carbocycles. The molecule has 1 aliphatic rings. The molecule has 0 radical (unpaired) electrons. The van der Waals surface area contributed by atoms with Crippen LogP contribution in [0.2, 0.25) is 0 Å². The van der Waals surface area contributed by atoms with Gasteiger partial charge < -0.3 is 5.43 Å². The number of carbonyl (C=O) groups excluding carboxylic acids is 1. The van der Waals surface area contributed by atoms with Crippen molar-refractivity contribution in [2.75, 3.05) is 18.5 Å². The minimum absolute atomic E-state index is 0.0597. The van der Waals surface area contributed by atoms with E-state index in [2.05, 4.69) is 10.9 Å². The number of nitrogens with zero attached hydrogens (tertiary/aromatic N) is 1. The van der Waals surface area contributed by atoms with Crippen molar-refractivity contribution in [3.63, 3.8) is 0 Å². The number of hydrogen-bond donors (Lipinski definition) is 3. The van der Waals surface area contributed by atoms with E-state index in [-0.39, 0.29) is 5.91 Å². The predicted molar refractivity (Wildman–Crippen MR) is 67.1 cm³/mol. The third kappa shape index (κ3) is 3.18. The van der Waals surface area contributed by atoms with E-state index in [9.17, 15) is 4.79 Å². The van der Waals surface area contributed by atoms with E-state index in [1.165, 1.54) is 6.42 Å². The highest BCUT2D eigenvalue weighted by atomic mass is 16.2. The lowest BCUT2D eigenvalue weighted by atomic mass is 10.1. The lowest BCUT2D eigenvalue weighted by Crippen LogP contribution is -2.45. The van der Waals surface area contributed by atoms with Gasteiger partial charge in [-0.1, -0.05) is 6.42 Å². The molecule has 0 aromatic heterocycles. The van der Waals surface area contributed by atoms with E-state index in [0.717, 1.165) is 31.6 Å². The van der Waals surface area contributed by atoms with Crippen molar-refractivity contribution in [3.8, 4) is 0 Å². The van der Waals surface area contributed by atoms with E-state index >= 15 is 0 Å². The van der Waals surface area contributed by atoms with Crippen molar-refractivity contribution in [3.05, 3.63) is 29.8 Å². The lowest BCUT2D eigenvalue weighted by Gasteiger charge is -2.26. The summed E-state index contributed by atoms with van der Waals surface area (Å²) in [5.74, 6) is 5.21. The molecule has 5 nitrogen and oxygen atoms in total. The second-order valence-corrected chi connectivity index (χ2v) is 4.21. The number of carbonyl (C=O) groups is 1. The molecule has 1 heterocycles. The predicted octanol–water partition coefficient (Wildman–Crippen LogP) is 1.10. The van der Waals surface area contributed by atoms with Crippen LogP contribution in [0.4, 0.5) is 5.69 Å². The second-order valence-electron chi connectivity index (χ2n) is 4.21. The van der Waals surface area contributed by atoms with E-state index in [1.807, 2.05) is 5.01 Å². The van der Waals surface area contributed by atoms with Gasteiger partial charge in [-0.25, -0.2) is 5.01 Å². The summed E-state index contributed by atoms with van der Waals surface area (Å²) in [6, 6.07) is 7.08. The molecular formula is C12H18N4O. The zero-order valence-corrected chi connectivity index (χ0v) is 9.78. The third-order valence-electron chi connectivity index (χ3n) is 2.93. The summed E-state index contributed by atoms with van der Waals surface area (Å²) in [4.78, 5) is 11.9. The molecule has 1 aromatic rings. The third-order valence-corrected chi connectivity index (χ3v) is 2.93. The number of anilines is 1. The Labute approximate surface area is 101 Å². The van der Waals surface area contributed by atoms with Crippen molar-refractivity contribution in [1.82, 2.24) is 10.4 Å². The van der Waals surface area contributed by atoms with Gasteiger partial charge in [-0.3, -0.25) is 16.1 Å². The van der Waals surface area contributed by atoms with Gasteiger partial charge in [0.1, 0.15) is 0 Å². The standard InChI is InChI=1S/C12H18N4O/c13-14-11-6-4-10(5-7-11)12(17)15-16-8-2-1-3-9-16/h4-7,14H,1-3,8-9,13H2,(H,15,17). The monoisotopic (exact) mass is 234 g/mol. The van der Waals surface area contributed by atoms with Gasteiger partial charge in [-0.15, -0.1) is 0 Å². The Morgan fingerprint density at radius 1 is 1.12 bits per heavy atom. The molecule has 2 rings (SSSR count). The molecule has 0 saturated carbocycles. The average molecular weight is 234 g/mol. The van der Waals surface area contributed by atoms with Crippen molar-refractivity contribution in [2.24, 2.45) is 5.84 Å². The largest absolute Gasteiger partial charge is 0.324 e. The lowest BCUT2D eigenvalue weighted by molar-refractivity contribution is 0.0750. The molecule has 1 amide bonds. The molecule has 92 valence electrons. The van der Waals surface area contributed by atoms with Crippen LogP contribution in [0, 0.1) is 0 Å². The van der Waals surface area contributed by atoms with Crippen molar-refractivity contribution in [2.45, 2.75) is 19.3 Å². The molecule has 1 saturated heterocycles. The van der Waals surface area contributed by atoms with Crippen LogP contribution >= 0.6 is 0 Å². The van der Waals surface area contributed by atoms with Crippen LogP contribution in [0.5, 0.6) is 0 Å². The molecule has 0 unspecified atom stereocenters. The normalized spacial score (nSPS) is 16.5. The molecule has 4 N–H and O–H groups in total. The van der Waals surface area contributed by atoms with Gasteiger partial charge in [-0.05, 0) is 37.1 Å². The van der Waals surface area contributed by atoms with Crippen LogP contribution < -0.4 is 16.7 Å². The van der Waals surface area contributed by atoms with Crippen LogP contribution in [0.25, 0.3) is 0 Å². The Morgan fingerprint density at radius 3 is 2.35 bits per heavy atom. The van der Waals surface area contributed by atoms with Crippen LogP contribution in [0.1, 0.15) is 29.6 Å². The fourth-order valence-corrected chi connectivity index (χ4v) is 1.93. The number of nitrogens with two attached hydrogens (primary N) is 1. The number of benzene rings is 1. The van der Waals surface area contributed by atoms with Gasteiger partial charge in [0.15, 0.2) is 0 Å². The van der Waals surface area contributed by atoms with Crippen molar-refractivity contribution < 1.29 is 4.79 Å². The van der Waals surface area contributed by atoms with Crippen LogP contribution in [-0.4, -0.2) is 24.0 Å². The van der Waals surface area contributed by atoms with Gasteiger partial charge in [-0.2, -0.15) is 0 Å². The second kappa shape index (κ2) is 5.65. The van der Waals surface area contributed by atoms with E-state index in [4.69, 9.17) is 5.84 Å². The van der Waals surface area contributed by atoms with E-state index in [1.54, 1.807) is 24.3 Å². The Morgan fingerprint density at radius 2 is 1.76 bits per heavy atom. The molecule has 1 aromatic carbocycles. The van der Waals surface area contributed by atoms with Crippen LogP contribution in [-0.2, 0) is 0 Å². The molecular weight excluding hydrogens is 216 g/mol. The highest BCUT2D eigenvalue weighted by Crippen LogP contribution is 2.09. The number of hydrogen-bond acceptors (Lipinski definition) is 4. The van der Waals surface area contributed by atoms with E-state index < -0.39 is 0 Å². The maximum Gasteiger partial charge on any atom is 0.265 e. The molecule has 5 heteroatoms. The maximum absolute atomic E-state index is 11.9. The quantitative estimate of drug-likeness (QED) is 0.541. The minimum Gasteiger partial charge on any atom is -0.324 e. The summed E-state index contributed by atoms with van der Waals surface area (Å²) < 4.78 is 0. The number of nitrogen functional groups attached to an aromatic ring is 1. The summed E-state index contributed by atoms with van der Waals surface area (Å²) in [5, 5.41) is 1.99. The molecule has 0 spiro atoms. The fourth-order valence-electron chi connectivity index (χ4n) is 1.93. The Bertz CT molecular complexity index is 371. The Hall–Kier alpha value is -1.59. The Kier molecular flexibility index (Phi) is 3.95. The number of piperidine rings is 1. The number of amides is 1. The topological polar surface area (TPSA) is 70.4 Å². The zero-order valence-electron chi connectivity index (χ0n) is 9.78. The van der Waals surface area contributed by atoms with Crippen LogP contribution in [0.15, 0.2) is 24.3 Å². The fraction of sp³-hybridized carbons (Fsp3) is 0.417. The Balaban J connectivity index is 1.93. The first-order valence-electron chi connectivity index (χ1n) is 5.92. The van der Waals surface area contributed by atoms with Gasteiger partial charge in [0.25, 0.3) is 5.91 Å². The van der Waals surface area contributed by atoms with Crippen molar-refractivity contribution >= 4 is 11.6 Å². The highest BCUT2D eigenvalue weighted by molar-refractivity contribution is 5.94. The van der Waals surface area contributed by atoms with E-state index in [0.29, 0.717) is 5.56 Å². The SMILES string of the molecule is NNc1ccc(C(=O)NN2CCCCC2)cc1. The smallest absolute Gasteiger partial charge is 0.265 e. The number of rotatable bonds is 3. The maximum atomic E-state index is 11.9. The molecule has 0 atom stereocenters. The first kappa shape index (κ1) is 11.9. The number of hydrazine groups is 2. The van der Waals surface area contributed by atoms with Gasteiger partial charge in [0.05, 0.1) is 0 Å². The molecule has 0 bridgehead atoms. The van der Waals surface area contributed by atoms with Crippen molar-refractivity contribution in [1.29, 1.82) is 0 Å². The average Bonchev–Trinajstić information content (AvgIpc) is 2.40. The highest BCUT2D eigenvalue weighted by Gasteiger charge is 2.13. The first-order valence-corrected chi connectivity index (χ1v) is 5.92. The van der Waals surface area contributed by atoms with Gasteiger partial charge >= 0.3 is 0 Å². The zero-order chi connectivity index (χ0) is 12.1. The summed E-state index contributed by atoms with van der Waals surface area (Å²) in [7, 11) is 0. The molecule has 1 aliphatic heterocycles. The molecule has 17 heavy (non-hydrogen) atoms.